The summed E-state index contributed by atoms with van der Waals surface area (Å²) >= 11 is 0. The highest BCUT2D eigenvalue weighted by Gasteiger charge is 1.98. The fraction of sp³-hybridized carbons (Fsp3) is 0.667. The SMILES string of the molecule is C=CCNCC(=O)NCCN(C)C. The molecule has 0 spiro atoms. The standard InChI is InChI=1S/C9H19N3O/c1-4-5-10-8-9(13)11-6-7-12(2)3/h4,10H,1,5-8H2,2-3H3,(H,11,13). The maximum atomic E-state index is 11.1. The van der Waals surface area contributed by atoms with Crippen molar-refractivity contribution in [1.29, 1.82) is 0 Å². The third kappa shape index (κ3) is 9.04. The zero-order valence-electron chi connectivity index (χ0n) is 8.47. The first-order valence-corrected chi connectivity index (χ1v) is 4.40. The topological polar surface area (TPSA) is 44.4 Å². The monoisotopic (exact) mass is 185 g/mol. The van der Waals surface area contributed by atoms with Crippen LogP contribution >= 0.6 is 0 Å². The molecule has 0 aliphatic heterocycles. The number of nitrogens with one attached hydrogen (secondary N) is 2. The first-order valence-electron chi connectivity index (χ1n) is 4.40. The van der Waals surface area contributed by atoms with Crippen molar-refractivity contribution in [1.82, 2.24) is 15.5 Å². The number of carbonyl (C=O) groups excluding carboxylic acids is 1. The maximum Gasteiger partial charge on any atom is 0.234 e. The first kappa shape index (κ1) is 12.1. The van der Waals surface area contributed by atoms with Gasteiger partial charge in [0, 0.05) is 19.6 Å². The molecule has 0 radical (unpaired) electrons. The number of amides is 1. The molecule has 13 heavy (non-hydrogen) atoms. The summed E-state index contributed by atoms with van der Waals surface area (Å²) < 4.78 is 0. The minimum atomic E-state index is 0.0312. The van der Waals surface area contributed by atoms with Gasteiger partial charge in [0.25, 0.3) is 0 Å². The predicted octanol–water partition coefficient (Wildman–Crippen LogP) is -0.560. The molecular formula is C9H19N3O. The Bertz CT molecular complexity index is 157. The first-order chi connectivity index (χ1) is 6.16. The lowest BCUT2D eigenvalue weighted by Crippen LogP contribution is -2.37. The summed E-state index contributed by atoms with van der Waals surface area (Å²) in [5.41, 5.74) is 0. The Balaban J connectivity index is 3.25. The zero-order valence-corrected chi connectivity index (χ0v) is 8.47. The third-order valence-electron chi connectivity index (χ3n) is 1.46. The van der Waals surface area contributed by atoms with Gasteiger partial charge in [0.05, 0.1) is 6.54 Å². The van der Waals surface area contributed by atoms with E-state index in [1.54, 1.807) is 6.08 Å². The highest BCUT2D eigenvalue weighted by molar-refractivity contribution is 5.77. The van der Waals surface area contributed by atoms with E-state index in [0.29, 0.717) is 19.6 Å². The van der Waals surface area contributed by atoms with Gasteiger partial charge < -0.3 is 15.5 Å². The summed E-state index contributed by atoms with van der Waals surface area (Å²) in [6.45, 7) is 6.13. The third-order valence-corrected chi connectivity index (χ3v) is 1.46. The van der Waals surface area contributed by atoms with E-state index >= 15 is 0 Å². The van der Waals surface area contributed by atoms with E-state index in [4.69, 9.17) is 0 Å². The molecule has 0 aromatic heterocycles. The molecule has 0 aromatic rings. The molecule has 0 atom stereocenters. The summed E-state index contributed by atoms with van der Waals surface area (Å²) in [5.74, 6) is 0.0312. The molecule has 76 valence electrons. The summed E-state index contributed by atoms with van der Waals surface area (Å²) in [6.07, 6.45) is 1.73. The highest BCUT2D eigenvalue weighted by atomic mass is 16.1. The van der Waals surface area contributed by atoms with Crippen LogP contribution in [0.1, 0.15) is 0 Å². The van der Waals surface area contributed by atoms with E-state index in [9.17, 15) is 4.79 Å². The van der Waals surface area contributed by atoms with Crippen LogP contribution in [0.2, 0.25) is 0 Å². The Morgan fingerprint density at radius 2 is 2.23 bits per heavy atom. The van der Waals surface area contributed by atoms with Gasteiger partial charge in [0.1, 0.15) is 0 Å². The van der Waals surface area contributed by atoms with Crippen LogP contribution in [-0.4, -0.2) is 51.1 Å². The van der Waals surface area contributed by atoms with Gasteiger partial charge in [0.15, 0.2) is 0 Å². The Morgan fingerprint density at radius 1 is 1.54 bits per heavy atom. The van der Waals surface area contributed by atoms with Crippen LogP contribution in [0.15, 0.2) is 12.7 Å². The number of nitrogens with zero attached hydrogens (tertiary/aromatic N) is 1. The molecule has 0 aromatic carbocycles. The largest absolute Gasteiger partial charge is 0.354 e. The molecule has 0 saturated heterocycles. The summed E-state index contributed by atoms with van der Waals surface area (Å²) in [4.78, 5) is 13.1. The lowest BCUT2D eigenvalue weighted by Gasteiger charge is -2.10. The van der Waals surface area contributed by atoms with Crippen molar-refractivity contribution in [3.05, 3.63) is 12.7 Å². The number of likely N-dealkylation sites (N-methyl/N-ethyl adjacent to an activating group) is 1. The van der Waals surface area contributed by atoms with Crippen molar-refractivity contribution in [3.8, 4) is 0 Å². The molecule has 0 aliphatic rings. The van der Waals surface area contributed by atoms with Gasteiger partial charge in [-0.05, 0) is 14.1 Å². The van der Waals surface area contributed by atoms with E-state index in [1.807, 2.05) is 19.0 Å². The Hall–Kier alpha value is -0.870. The molecule has 0 bridgehead atoms. The minimum absolute atomic E-state index is 0.0312. The van der Waals surface area contributed by atoms with Crippen LogP contribution in [0.4, 0.5) is 0 Å². The van der Waals surface area contributed by atoms with E-state index < -0.39 is 0 Å². The van der Waals surface area contributed by atoms with Crippen molar-refractivity contribution >= 4 is 5.91 Å². The molecule has 1 amide bonds. The summed E-state index contributed by atoms with van der Waals surface area (Å²) in [6, 6.07) is 0. The van der Waals surface area contributed by atoms with Gasteiger partial charge in [-0.15, -0.1) is 6.58 Å². The predicted molar refractivity (Wildman–Crippen MR) is 54.6 cm³/mol. The maximum absolute atomic E-state index is 11.1. The van der Waals surface area contributed by atoms with Crippen molar-refractivity contribution in [2.24, 2.45) is 0 Å². The number of carbonyl (C=O) groups is 1. The molecule has 0 heterocycles. The van der Waals surface area contributed by atoms with Gasteiger partial charge in [0.2, 0.25) is 5.91 Å². The van der Waals surface area contributed by atoms with Crippen LogP contribution < -0.4 is 10.6 Å². The van der Waals surface area contributed by atoms with Crippen molar-refractivity contribution in [3.63, 3.8) is 0 Å². The van der Waals surface area contributed by atoms with Gasteiger partial charge >= 0.3 is 0 Å². The van der Waals surface area contributed by atoms with Crippen LogP contribution in [0.5, 0.6) is 0 Å². The Morgan fingerprint density at radius 3 is 2.77 bits per heavy atom. The van der Waals surface area contributed by atoms with Crippen molar-refractivity contribution < 1.29 is 4.79 Å². The van der Waals surface area contributed by atoms with Gasteiger partial charge in [-0.2, -0.15) is 0 Å². The quantitative estimate of drug-likeness (QED) is 0.413. The molecular weight excluding hydrogens is 166 g/mol. The van der Waals surface area contributed by atoms with Crippen LogP contribution in [0.3, 0.4) is 0 Å². The second kappa shape index (κ2) is 7.76. The lowest BCUT2D eigenvalue weighted by atomic mass is 10.5. The van der Waals surface area contributed by atoms with Crippen LogP contribution in [0.25, 0.3) is 0 Å². The summed E-state index contributed by atoms with van der Waals surface area (Å²) in [5, 5.41) is 5.72. The molecule has 0 unspecified atom stereocenters. The number of hydrogen-bond acceptors (Lipinski definition) is 3. The minimum Gasteiger partial charge on any atom is -0.354 e. The number of rotatable bonds is 7. The van der Waals surface area contributed by atoms with Crippen LogP contribution in [0, 0.1) is 0 Å². The van der Waals surface area contributed by atoms with E-state index in [1.165, 1.54) is 0 Å². The lowest BCUT2D eigenvalue weighted by molar-refractivity contribution is -0.120. The summed E-state index contributed by atoms with van der Waals surface area (Å²) in [7, 11) is 3.95. The van der Waals surface area contributed by atoms with E-state index in [2.05, 4.69) is 17.2 Å². The van der Waals surface area contributed by atoms with Crippen molar-refractivity contribution in [2.45, 2.75) is 0 Å². The second-order valence-corrected chi connectivity index (χ2v) is 3.07. The smallest absolute Gasteiger partial charge is 0.234 e. The molecule has 0 saturated carbocycles. The van der Waals surface area contributed by atoms with E-state index in [0.717, 1.165) is 6.54 Å². The van der Waals surface area contributed by atoms with Crippen molar-refractivity contribution in [2.75, 3.05) is 40.3 Å². The molecule has 0 aliphatic carbocycles. The molecule has 0 rings (SSSR count). The average Bonchev–Trinajstić information content (AvgIpc) is 2.04. The van der Waals surface area contributed by atoms with Gasteiger partial charge in [-0.1, -0.05) is 6.08 Å². The van der Waals surface area contributed by atoms with Gasteiger partial charge in [-0.3, -0.25) is 4.79 Å². The molecule has 4 heteroatoms. The highest BCUT2D eigenvalue weighted by Crippen LogP contribution is 1.71. The zero-order chi connectivity index (χ0) is 10.1. The normalized spacial score (nSPS) is 10.1. The Labute approximate surface area is 80.0 Å². The fourth-order valence-corrected chi connectivity index (χ4v) is 0.769. The molecule has 2 N–H and O–H groups in total. The Kier molecular flexibility index (Phi) is 7.24. The fourth-order valence-electron chi connectivity index (χ4n) is 0.769. The second-order valence-electron chi connectivity index (χ2n) is 3.07. The molecule has 4 nitrogen and oxygen atoms in total. The van der Waals surface area contributed by atoms with Gasteiger partial charge in [-0.25, -0.2) is 0 Å². The molecule has 0 fully saturated rings. The average molecular weight is 185 g/mol. The van der Waals surface area contributed by atoms with Crippen LogP contribution in [-0.2, 0) is 4.79 Å². The number of hydrogen-bond donors (Lipinski definition) is 2. The van der Waals surface area contributed by atoms with E-state index in [-0.39, 0.29) is 5.91 Å².